The number of nitrogens with zero attached hydrogens (tertiary/aromatic N) is 3. The van der Waals surface area contributed by atoms with Gasteiger partial charge in [-0.1, -0.05) is 24.3 Å². The lowest BCUT2D eigenvalue weighted by Crippen LogP contribution is -2.21. The van der Waals surface area contributed by atoms with Crippen LogP contribution in [0, 0.1) is 12.8 Å². The van der Waals surface area contributed by atoms with Crippen molar-refractivity contribution in [1.29, 1.82) is 0 Å². The van der Waals surface area contributed by atoms with Gasteiger partial charge in [0.25, 0.3) is 0 Å². The molecule has 20 heavy (non-hydrogen) atoms. The second-order valence-electron chi connectivity index (χ2n) is 5.55. The summed E-state index contributed by atoms with van der Waals surface area (Å²) in [6.45, 7) is 4.71. The number of aryl methyl sites for hydroxylation is 1. The monoisotopic (exact) mass is 271 g/mol. The van der Waals surface area contributed by atoms with Gasteiger partial charge >= 0.3 is 0 Å². The predicted octanol–water partition coefficient (Wildman–Crippen LogP) is 2.60. The van der Waals surface area contributed by atoms with Crippen molar-refractivity contribution >= 4 is 0 Å². The molecular formula is C16H21N3O. The quantitative estimate of drug-likeness (QED) is 0.858. The maximum Gasteiger partial charge on any atom is 0.138 e. The smallest absolute Gasteiger partial charge is 0.138 e. The summed E-state index contributed by atoms with van der Waals surface area (Å²) >= 11 is 0. The van der Waals surface area contributed by atoms with Crippen molar-refractivity contribution in [3.63, 3.8) is 0 Å². The molecule has 2 aromatic rings. The average molecular weight is 271 g/mol. The molecule has 0 aliphatic carbocycles. The Bertz CT molecular complexity index is 558. The van der Waals surface area contributed by atoms with Crippen molar-refractivity contribution in [3.8, 4) is 0 Å². The molecule has 1 aliphatic heterocycles. The highest BCUT2D eigenvalue weighted by Gasteiger charge is 2.17. The van der Waals surface area contributed by atoms with Crippen molar-refractivity contribution in [3.05, 3.63) is 47.5 Å². The molecule has 0 spiro atoms. The molecule has 0 radical (unpaired) electrons. The van der Waals surface area contributed by atoms with Crippen LogP contribution in [-0.2, 0) is 17.7 Å². The van der Waals surface area contributed by atoms with E-state index in [0.717, 1.165) is 38.4 Å². The van der Waals surface area contributed by atoms with Crippen LogP contribution in [-0.4, -0.2) is 28.0 Å². The lowest BCUT2D eigenvalue weighted by atomic mass is 9.98. The van der Waals surface area contributed by atoms with E-state index in [4.69, 9.17) is 4.74 Å². The lowest BCUT2D eigenvalue weighted by molar-refractivity contribution is 0.0539. The Kier molecular flexibility index (Phi) is 4.11. The molecule has 1 fully saturated rings. The van der Waals surface area contributed by atoms with Crippen LogP contribution >= 0.6 is 0 Å². The van der Waals surface area contributed by atoms with Crippen LogP contribution < -0.4 is 0 Å². The van der Waals surface area contributed by atoms with Gasteiger partial charge < -0.3 is 4.74 Å². The van der Waals surface area contributed by atoms with Crippen molar-refractivity contribution in [2.45, 2.75) is 32.7 Å². The van der Waals surface area contributed by atoms with Crippen LogP contribution in [0.1, 0.15) is 29.8 Å². The number of rotatable bonds is 4. The Balaban J connectivity index is 1.71. The van der Waals surface area contributed by atoms with E-state index in [1.165, 1.54) is 17.5 Å². The summed E-state index contributed by atoms with van der Waals surface area (Å²) in [5, 5.41) is 4.38. The van der Waals surface area contributed by atoms with Gasteiger partial charge in [-0.2, -0.15) is 5.10 Å². The first-order chi connectivity index (χ1) is 9.83. The van der Waals surface area contributed by atoms with E-state index >= 15 is 0 Å². The molecule has 1 aromatic carbocycles. The number of aromatic nitrogens is 3. The third-order valence-electron chi connectivity index (χ3n) is 4.00. The van der Waals surface area contributed by atoms with Gasteiger partial charge in [-0.05, 0) is 36.8 Å². The average Bonchev–Trinajstić information content (AvgIpc) is 2.90. The largest absolute Gasteiger partial charge is 0.381 e. The van der Waals surface area contributed by atoms with Crippen LogP contribution in [0.2, 0.25) is 0 Å². The number of benzene rings is 1. The molecule has 0 N–H and O–H groups in total. The fraction of sp³-hybridized carbons (Fsp3) is 0.500. The highest BCUT2D eigenvalue weighted by atomic mass is 16.5. The van der Waals surface area contributed by atoms with Crippen LogP contribution in [0.15, 0.2) is 30.6 Å². The van der Waals surface area contributed by atoms with Gasteiger partial charge in [0.15, 0.2) is 0 Å². The summed E-state index contributed by atoms with van der Waals surface area (Å²) in [4.78, 5) is 4.43. The number of hydrogen-bond acceptors (Lipinski definition) is 3. The summed E-state index contributed by atoms with van der Waals surface area (Å²) in [6.07, 6.45) is 5.02. The maximum atomic E-state index is 5.55. The first-order valence-electron chi connectivity index (χ1n) is 7.32. The van der Waals surface area contributed by atoms with E-state index in [-0.39, 0.29) is 0 Å². The molecule has 3 rings (SSSR count). The van der Waals surface area contributed by atoms with Crippen molar-refractivity contribution < 1.29 is 4.74 Å². The normalized spacial score (nSPS) is 19.1. The zero-order valence-corrected chi connectivity index (χ0v) is 12.0. The molecular weight excluding hydrogens is 250 g/mol. The summed E-state index contributed by atoms with van der Waals surface area (Å²) in [7, 11) is 0. The van der Waals surface area contributed by atoms with Gasteiger partial charge in [0.1, 0.15) is 12.2 Å². The molecule has 4 nitrogen and oxygen atoms in total. The highest BCUT2D eigenvalue weighted by Crippen LogP contribution is 2.18. The van der Waals surface area contributed by atoms with E-state index < -0.39 is 0 Å². The molecule has 0 bridgehead atoms. The molecule has 1 atom stereocenters. The highest BCUT2D eigenvalue weighted by molar-refractivity contribution is 5.25. The van der Waals surface area contributed by atoms with Crippen LogP contribution in [0.5, 0.6) is 0 Å². The molecule has 1 aliphatic rings. The lowest BCUT2D eigenvalue weighted by Gasteiger charge is -2.21. The Morgan fingerprint density at radius 1 is 1.35 bits per heavy atom. The Morgan fingerprint density at radius 3 is 3.05 bits per heavy atom. The first kappa shape index (κ1) is 13.3. The fourth-order valence-electron chi connectivity index (χ4n) is 2.75. The van der Waals surface area contributed by atoms with Crippen molar-refractivity contribution in [1.82, 2.24) is 14.8 Å². The van der Waals surface area contributed by atoms with Gasteiger partial charge in [-0.25, -0.2) is 9.67 Å². The van der Waals surface area contributed by atoms with Gasteiger partial charge in [0.05, 0.1) is 6.54 Å². The van der Waals surface area contributed by atoms with Crippen LogP contribution in [0.4, 0.5) is 0 Å². The van der Waals surface area contributed by atoms with Gasteiger partial charge in [-0.15, -0.1) is 0 Å². The summed E-state index contributed by atoms with van der Waals surface area (Å²) < 4.78 is 7.58. The van der Waals surface area contributed by atoms with Crippen LogP contribution in [0.3, 0.4) is 0 Å². The van der Waals surface area contributed by atoms with E-state index in [2.05, 4.69) is 41.3 Å². The van der Waals surface area contributed by atoms with Crippen LogP contribution in [0.25, 0.3) is 0 Å². The van der Waals surface area contributed by atoms with Gasteiger partial charge in [0.2, 0.25) is 0 Å². The molecule has 0 unspecified atom stereocenters. The Hall–Kier alpha value is -1.68. The van der Waals surface area contributed by atoms with E-state index in [9.17, 15) is 0 Å². The fourth-order valence-corrected chi connectivity index (χ4v) is 2.75. The van der Waals surface area contributed by atoms with Gasteiger partial charge in [-0.3, -0.25) is 0 Å². The molecule has 4 heteroatoms. The molecule has 1 aromatic heterocycles. The SMILES string of the molecule is Cc1ccccc1Cn1ncnc1C[C@@H]1CCCOC1. The molecule has 2 heterocycles. The minimum atomic E-state index is 0.587. The first-order valence-corrected chi connectivity index (χ1v) is 7.32. The maximum absolute atomic E-state index is 5.55. The van der Waals surface area contributed by atoms with Gasteiger partial charge in [0, 0.05) is 19.6 Å². The zero-order valence-electron chi connectivity index (χ0n) is 12.0. The summed E-state index contributed by atoms with van der Waals surface area (Å²) in [6, 6.07) is 8.44. The van der Waals surface area contributed by atoms with Crippen molar-refractivity contribution in [2.75, 3.05) is 13.2 Å². The van der Waals surface area contributed by atoms with E-state index in [1.807, 2.05) is 4.68 Å². The Morgan fingerprint density at radius 2 is 2.25 bits per heavy atom. The minimum absolute atomic E-state index is 0.587. The molecule has 1 saturated heterocycles. The zero-order chi connectivity index (χ0) is 13.8. The third kappa shape index (κ3) is 3.07. The minimum Gasteiger partial charge on any atom is -0.381 e. The molecule has 0 saturated carbocycles. The second-order valence-corrected chi connectivity index (χ2v) is 5.55. The van der Waals surface area contributed by atoms with E-state index in [1.54, 1.807) is 6.33 Å². The summed E-state index contributed by atoms with van der Waals surface area (Å²) in [5.74, 6) is 1.66. The summed E-state index contributed by atoms with van der Waals surface area (Å²) in [5.41, 5.74) is 2.61. The number of hydrogen-bond donors (Lipinski definition) is 0. The topological polar surface area (TPSA) is 39.9 Å². The molecule has 106 valence electrons. The standard InChI is InChI=1S/C16H21N3O/c1-13-5-2-3-7-15(13)10-19-16(17-12-18-19)9-14-6-4-8-20-11-14/h2-3,5,7,12,14H,4,6,8-11H2,1H3/t14-/m0/s1. The second kappa shape index (κ2) is 6.18. The predicted molar refractivity (Wildman–Crippen MR) is 77.6 cm³/mol. The third-order valence-corrected chi connectivity index (χ3v) is 4.00. The Labute approximate surface area is 119 Å². The van der Waals surface area contributed by atoms with E-state index in [0.29, 0.717) is 5.92 Å². The molecule has 0 amide bonds. The number of ether oxygens (including phenoxy) is 1. The van der Waals surface area contributed by atoms with Crippen molar-refractivity contribution in [2.24, 2.45) is 5.92 Å².